The van der Waals surface area contributed by atoms with Crippen LogP contribution in [0.25, 0.3) is 0 Å². The predicted octanol–water partition coefficient (Wildman–Crippen LogP) is 1.26. The van der Waals surface area contributed by atoms with E-state index in [0.29, 0.717) is 6.61 Å². The van der Waals surface area contributed by atoms with Gasteiger partial charge in [0, 0.05) is 38.3 Å². The summed E-state index contributed by atoms with van der Waals surface area (Å²) in [5.74, 6) is 0.793. The molecule has 4 heteroatoms. The van der Waals surface area contributed by atoms with Crippen molar-refractivity contribution in [2.75, 3.05) is 32.8 Å². The number of nitrogens with one attached hydrogen (secondary N) is 1. The Morgan fingerprint density at radius 3 is 2.63 bits per heavy atom. The summed E-state index contributed by atoms with van der Waals surface area (Å²) in [7, 11) is 0. The third-order valence-electron chi connectivity index (χ3n) is 3.62. The highest BCUT2D eigenvalue weighted by atomic mass is 16.5. The highest BCUT2D eigenvalue weighted by Crippen LogP contribution is 2.14. The van der Waals surface area contributed by atoms with E-state index >= 15 is 0 Å². The van der Waals surface area contributed by atoms with E-state index in [1.165, 1.54) is 5.56 Å². The lowest BCUT2D eigenvalue weighted by atomic mass is 10.1. The molecule has 102 valence electrons. The summed E-state index contributed by atoms with van der Waals surface area (Å²) in [5, 5.41) is 3.38. The van der Waals surface area contributed by atoms with E-state index in [0.717, 1.165) is 44.2 Å². The monoisotopic (exact) mass is 259 g/mol. The number of ether oxygens (including phenoxy) is 1. The number of aliphatic imine (C=N–C) groups is 1. The molecule has 1 atom stereocenters. The number of benzene rings is 1. The van der Waals surface area contributed by atoms with Crippen LogP contribution < -0.4 is 5.32 Å². The molecule has 0 spiro atoms. The van der Waals surface area contributed by atoms with Gasteiger partial charge in [0.2, 0.25) is 5.90 Å². The molecule has 0 bridgehead atoms. The van der Waals surface area contributed by atoms with E-state index < -0.39 is 0 Å². The zero-order chi connectivity index (χ0) is 13.1. The first-order valence-electron chi connectivity index (χ1n) is 7.04. The third kappa shape index (κ3) is 3.14. The highest BCUT2D eigenvalue weighted by Gasteiger charge is 2.16. The molecule has 0 radical (unpaired) electrons. The van der Waals surface area contributed by atoms with Crippen molar-refractivity contribution in [1.82, 2.24) is 10.2 Å². The van der Waals surface area contributed by atoms with Crippen molar-refractivity contribution < 1.29 is 4.74 Å². The Hall–Kier alpha value is -1.39. The van der Waals surface area contributed by atoms with E-state index in [-0.39, 0.29) is 6.04 Å². The zero-order valence-electron chi connectivity index (χ0n) is 11.4. The largest absolute Gasteiger partial charge is 0.475 e. The number of hydrogen-bond donors (Lipinski definition) is 1. The molecule has 4 nitrogen and oxygen atoms in total. The smallest absolute Gasteiger partial charge is 0.216 e. The summed E-state index contributed by atoms with van der Waals surface area (Å²) in [4.78, 5) is 6.96. The Morgan fingerprint density at radius 1 is 1.26 bits per heavy atom. The molecule has 0 saturated carbocycles. The lowest BCUT2D eigenvalue weighted by Crippen LogP contribution is -2.42. The normalized spacial score (nSPS) is 24.1. The average molecular weight is 259 g/mol. The van der Waals surface area contributed by atoms with Gasteiger partial charge in [-0.1, -0.05) is 12.1 Å². The highest BCUT2D eigenvalue weighted by molar-refractivity contribution is 5.95. The molecule has 1 aromatic rings. The van der Waals surface area contributed by atoms with E-state index in [1.807, 2.05) is 0 Å². The Balaban J connectivity index is 1.63. The predicted molar refractivity (Wildman–Crippen MR) is 76.5 cm³/mol. The van der Waals surface area contributed by atoms with Crippen LogP contribution >= 0.6 is 0 Å². The number of nitrogens with zero attached hydrogens (tertiary/aromatic N) is 2. The molecule has 0 aliphatic carbocycles. The van der Waals surface area contributed by atoms with Crippen molar-refractivity contribution in [1.29, 1.82) is 0 Å². The lowest BCUT2D eigenvalue weighted by molar-refractivity contribution is 0.233. The second kappa shape index (κ2) is 5.72. The van der Waals surface area contributed by atoms with Crippen molar-refractivity contribution in [3.05, 3.63) is 35.4 Å². The van der Waals surface area contributed by atoms with Crippen LogP contribution in [0.15, 0.2) is 29.3 Å². The van der Waals surface area contributed by atoms with Crippen molar-refractivity contribution in [2.45, 2.75) is 19.5 Å². The maximum atomic E-state index is 5.57. The SMILES string of the molecule is CC1COC(c2ccc(CN3CCNCC3)cc2)=N1. The van der Waals surface area contributed by atoms with Crippen molar-refractivity contribution in [2.24, 2.45) is 4.99 Å². The molecule has 1 unspecified atom stereocenters. The zero-order valence-corrected chi connectivity index (χ0v) is 11.4. The molecule has 3 rings (SSSR count). The van der Waals surface area contributed by atoms with Crippen LogP contribution in [0.5, 0.6) is 0 Å². The second-order valence-corrected chi connectivity index (χ2v) is 5.32. The van der Waals surface area contributed by atoms with Crippen LogP contribution in [0.1, 0.15) is 18.1 Å². The van der Waals surface area contributed by atoms with Gasteiger partial charge in [0.05, 0.1) is 6.04 Å². The van der Waals surface area contributed by atoms with Crippen LogP contribution in [0, 0.1) is 0 Å². The van der Waals surface area contributed by atoms with E-state index in [2.05, 4.69) is 46.4 Å². The van der Waals surface area contributed by atoms with Crippen LogP contribution in [0.4, 0.5) is 0 Å². The quantitative estimate of drug-likeness (QED) is 0.888. The summed E-state index contributed by atoms with van der Waals surface area (Å²) in [6.07, 6.45) is 0. The van der Waals surface area contributed by atoms with Crippen molar-refractivity contribution in [3.63, 3.8) is 0 Å². The molecule has 2 heterocycles. The van der Waals surface area contributed by atoms with Gasteiger partial charge in [0.15, 0.2) is 0 Å². The van der Waals surface area contributed by atoms with Gasteiger partial charge in [0.25, 0.3) is 0 Å². The first-order valence-corrected chi connectivity index (χ1v) is 7.04. The minimum atomic E-state index is 0.288. The minimum absolute atomic E-state index is 0.288. The van der Waals surface area contributed by atoms with Crippen molar-refractivity contribution >= 4 is 5.90 Å². The molecular formula is C15H21N3O. The Morgan fingerprint density at radius 2 is 2.00 bits per heavy atom. The van der Waals surface area contributed by atoms with Gasteiger partial charge in [0.1, 0.15) is 6.61 Å². The Kier molecular flexibility index (Phi) is 3.80. The van der Waals surface area contributed by atoms with Gasteiger partial charge in [-0.2, -0.15) is 0 Å². The molecule has 0 aromatic heterocycles. The van der Waals surface area contributed by atoms with Crippen LogP contribution in [-0.2, 0) is 11.3 Å². The fraction of sp³-hybridized carbons (Fsp3) is 0.533. The molecular weight excluding hydrogens is 238 g/mol. The van der Waals surface area contributed by atoms with Gasteiger partial charge in [-0.3, -0.25) is 4.90 Å². The summed E-state index contributed by atoms with van der Waals surface area (Å²) in [6, 6.07) is 8.90. The maximum Gasteiger partial charge on any atom is 0.216 e. The number of hydrogen-bond acceptors (Lipinski definition) is 4. The third-order valence-corrected chi connectivity index (χ3v) is 3.62. The van der Waals surface area contributed by atoms with Gasteiger partial charge >= 0.3 is 0 Å². The second-order valence-electron chi connectivity index (χ2n) is 5.32. The van der Waals surface area contributed by atoms with Crippen molar-refractivity contribution in [3.8, 4) is 0 Å². The topological polar surface area (TPSA) is 36.9 Å². The fourth-order valence-corrected chi connectivity index (χ4v) is 2.51. The first-order chi connectivity index (χ1) is 9.31. The lowest BCUT2D eigenvalue weighted by Gasteiger charge is -2.27. The summed E-state index contributed by atoms with van der Waals surface area (Å²) < 4.78 is 5.57. The Labute approximate surface area is 114 Å². The summed E-state index contributed by atoms with van der Waals surface area (Å²) >= 11 is 0. The molecule has 1 fully saturated rings. The molecule has 2 aliphatic heterocycles. The Bertz CT molecular complexity index is 449. The standard InChI is InChI=1S/C15H21N3O/c1-12-11-19-15(17-12)14-4-2-13(3-5-14)10-18-8-6-16-7-9-18/h2-5,12,16H,6-11H2,1H3. The number of rotatable bonds is 3. The maximum absolute atomic E-state index is 5.57. The van der Waals surface area contributed by atoms with Gasteiger partial charge < -0.3 is 10.1 Å². The van der Waals surface area contributed by atoms with Gasteiger partial charge in [-0.05, 0) is 24.6 Å². The molecule has 2 aliphatic rings. The van der Waals surface area contributed by atoms with Gasteiger partial charge in [-0.25, -0.2) is 4.99 Å². The fourth-order valence-electron chi connectivity index (χ4n) is 2.51. The molecule has 1 N–H and O–H groups in total. The minimum Gasteiger partial charge on any atom is -0.475 e. The number of piperazine rings is 1. The molecule has 0 amide bonds. The summed E-state index contributed by atoms with van der Waals surface area (Å²) in [6.45, 7) is 8.28. The van der Waals surface area contributed by atoms with E-state index in [4.69, 9.17) is 4.74 Å². The van der Waals surface area contributed by atoms with Gasteiger partial charge in [-0.15, -0.1) is 0 Å². The molecule has 19 heavy (non-hydrogen) atoms. The molecule has 1 saturated heterocycles. The van der Waals surface area contributed by atoms with Crippen LogP contribution in [0.2, 0.25) is 0 Å². The van der Waals surface area contributed by atoms with E-state index in [1.54, 1.807) is 0 Å². The first kappa shape index (κ1) is 12.6. The summed E-state index contributed by atoms with van der Waals surface area (Å²) in [5.41, 5.74) is 2.45. The van der Waals surface area contributed by atoms with Crippen LogP contribution in [0.3, 0.4) is 0 Å². The van der Waals surface area contributed by atoms with Crippen LogP contribution in [-0.4, -0.2) is 49.6 Å². The molecule has 1 aromatic carbocycles. The van der Waals surface area contributed by atoms with E-state index in [9.17, 15) is 0 Å². The average Bonchev–Trinajstić information content (AvgIpc) is 2.87.